The fourth-order valence-electron chi connectivity index (χ4n) is 2.32. The SMILES string of the molecule is COc1ccc2c(O)cc3c(c2c1)CCN3. The highest BCUT2D eigenvalue weighted by molar-refractivity contribution is 5.96. The monoisotopic (exact) mass is 215 g/mol. The number of nitrogens with one attached hydrogen (secondary N) is 1. The van der Waals surface area contributed by atoms with Gasteiger partial charge in [0.25, 0.3) is 0 Å². The Morgan fingerprint density at radius 1 is 1.25 bits per heavy atom. The number of rotatable bonds is 1. The van der Waals surface area contributed by atoms with Crippen molar-refractivity contribution < 1.29 is 9.84 Å². The first kappa shape index (κ1) is 9.33. The molecule has 2 N–H and O–H groups in total. The van der Waals surface area contributed by atoms with Crippen LogP contribution >= 0.6 is 0 Å². The Bertz CT molecular complexity index is 563. The van der Waals surface area contributed by atoms with E-state index in [1.54, 1.807) is 13.2 Å². The van der Waals surface area contributed by atoms with Crippen molar-refractivity contribution in [3.63, 3.8) is 0 Å². The summed E-state index contributed by atoms with van der Waals surface area (Å²) < 4.78 is 5.22. The minimum absolute atomic E-state index is 0.325. The summed E-state index contributed by atoms with van der Waals surface area (Å²) in [5.41, 5.74) is 2.31. The van der Waals surface area contributed by atoms with E-state index in [1.807, 2.05) is 18.2 Å². The zero-order valence-electron chi connectivity index (χ0n) is 9.08. The van der Waals surface area contributed by atoms with E-state index >= 15 is 0 Å². The summed E-state index contributed by atoms with van der Waals surface area (Å²) in [4.78, 5) is 0. The van der Waals surface area contributed by atoms with Crippen molar-refractivity contribution in [3.05, 3.63) is 29.8 Å². The highest BCUT2D eigenvalue weighted by atomic mass is 16.5. The van der Waals surface area contributed by atoms with Crippen LogP contribution in [0.1, 0.15) is 5.56 Å². The molecule has 0 unspecified atom stereocenters. The molecule has 1 heterocycles. The third kappa shape index (κ3) is 1.21. The molecule has 0 aliphatic carbocycles. The molecule has 82 valence electrons. The van der Waals surface area contributed by atoms with Crippen LogP contribution in [0.4, 0.5) is 5.69 Å². The number of anilines is 1. The third-order valence-electron chi connectivity index (χ3n) is 3.12. The van der Waals surface area contributed by atoms with E-state index in [0.717, 1.165) is 35.2 Å². The first-order chi connectivity index (χ1) is 7.79. The molecule has 0 saturated carbocycles. The number of ether oxygens (including phenoxy) is 1. The van der Waals surface area contributed by atoms with E-state index < -0.39 is 0 Å². The lowest BCUT2D eigenvalue weighted by molar-refractivity contribution is 0.415. The molecule has 1 aliphatic rings. The van der Waals surface area contributed by atoms with Crippen LogP contribution in [0, 0.1) is 0 Å². The van der Waals surface area contributed by atoms with Crippen LogP contribution in [-0.4, -0.2) is 18.8 Å². The summed E-state index contributed by atoms with van der Waals surface area (Å²) in [7, 11) is 1.66. The van der Waals surface area contributed by atoms with Gasteiger partial charge in [-0.2, -0.15) is 0 Å². The van der Waals surface area contributed by atoms with Gasteiger partial charge in [-0.3, -0.25) is 0 Å². The van der Waals surface area contributed by atoms with Crippen molar-refractivity contribution in [2.75, 3.05) is 19.0 Å². The van der Waals surface area contributed by atoms with E-state index in [2.05, 4.69) is 5.32 Å². The lowest BCUT2D eigenvalue weighted by Gasteiger charge is -2.09. The molecule has 2 aromatic rings. The molecule has 3 nitrogen and oxygen atoms in total. The molecule has 0 radical (unpaired) electrons. The zero-order valence-corrected chi connectivity index (χ0v) is 9.08. The van der Waals surface area contributed by atoms with Gasteiger partial charge in [0.15, 0.2) is 0 Å². The maximum atomic E-state index is 9.92. The molecule has 0 atom stereocenters. The normalized spacial score (nSPS) is 13.6. The minimum atomic E-state index is 0.325. The second-order valence-electron chi connectivity index (χ2n) is 4.01. The van der Waals surface area contributed by atoms with Crippen LogP contribution in [0.25, 0.3) is 10.8 Å². The molecular weight excluding hydrogens is 202 g/mol. The first-order valence-electron chi connectivity index (χ1n) is 5.36. The molecule has 3 heteroatoms. The number of phenolic OH excluding ortho intramolecular Hbond substituents is 1. The third-order valence-corrected chi connectivity index (χ3v) is 3.12. The number of aromatic hydroxyl groups is 1. The number of benzene rings is 2. The highest BCUT2D eigenvalue weighted by Crippen LogP contribution is 2.38. The van der Waals surface area contributed by atoms with Crippen molar-refractivity contribution >= 4 is 16.5 Å². The smallest absolute Gasteiger partial charge is 0.125 e. The van der Waals surface area contributed by atoms with E-state index in [1.165, 1.54) is 5.56 Å². The molecule has 2 aromatic carbocycles. The summed E-state index contributed by atoms with van der Waals surface area (Å²) in [5, 5.41) is 15.2. The molecule has 0 bridgehead atoms. The van der Waals surface area contributed by atoms with Crippen LogP contribution in [0.3, 0.4) is 0 Å². The average molecular weight is 215 g/mol. The average Bonchev–Trinajstić information content (AvgIpc) is 2.76. The highest BCUT2D eigenvalue weighted by Gasteiger charge is 2.16. The molecule has 16 heavy (non-hydrogen) atoms. The quantitative estimate of drug-likeness (QED) is 0.768. The number of hydrogen-bond acceptors (Lipinski definition) is 3. The summed E-state index contributed by atoms with van der Waals surface area (Å²) in [6, 6.07) is 7.57. The van der Waals surface area contributed by atoms with Gasteiger partial charge in [-0.15, -0.1) is 0 Å². The van der Waals surface area contributed by atoms with Crippen LogP contribution < -0.4 is 10.1 Å². The topological polar surface area (TPSA) is 41.5 Å². The van der Waals surface area contributed by atoms with Crippen molar-refractivity contribution in [1.82, 2.24) is 0 Å². The Morgan fingerprint density at radius 3 is 2.94 bits per heavy atom. The Labute approximate surface area is 93.7 Å². The maximum Gasteiger partial charge on any atom is 0.125 e. The van der Waals surface area contributed by atoms with Crippen LogP contribution in [0.2, 0.25) is 0 Å². The van der Waals surface area contributed by atoms with Gasteiger partial charge in [-0.05, 0) is 35.6 Å². The lowest BCUT2D eigenvalue weighted by Crippen LogP contribution is -1.90. The van der Waals surface area contributed by atoms with E-state index in [0.29, 0.717) is 5.75 Å². The minimum Gasteiger partial charge on any atom is -0.507 e. The Balaban J connectivity index is 2.37. The molecule has 0 amide bonds. The van der Waals surface area contributed by atoms with Gasteiger partial charge in [-0.25, -0.2) is 0 Å². The molecule has 0 fully saturated rings. The fraction of sp³-hybridized carbons (Fsp3) is 0.231. The van der Waals surface area contributed by atoms with E-state index in [-0.39, 0.29) is 0 Å². The Kier molecular flexibility index (Phi) is 1.93. The number of phenols is 1. The summed E-state index contributed by atoms with van der Waals surface area (Å²) in [6.45, 7) is 0.936. The summed E-state index contributed by atoms with van der Waals surface area (Å²) in [6.07, 6.45) is 0.999. The van der Waals surface area contributed by atoms with Gasteiger partial charge in [0.05, 0.1) is 7.11 Å². The largest absolute Gasteiger partial charge is 0.507 e. The van der Waals surface area contributed by atoms with Crippen molar-refractivity contribution in [3.8, 4) is 11.5 Å². The Morgan fingerprint density at radius 2 is 2.12 bits per heavy atom. The molecule has 3 rings (SSSR count). The standard InChI is InChI=1S/C13H13NO2/c1-16-8-2-3-10-11(6-8)9-4-5-14-12(9)7-13(10)15/h2-3,6-7,14-15H,4-5H2,1H3. The lowest BCUT2D eigenvalue weighted by atomic mass is 10.0. The maximum absolute atomic E-state index is 9.92. The predicted molar refractivity (Wildman–Crippen MR) is 64.4 cm³/mol. The molecular formula is C13H13NO2. The number of fused-ring (bicyclic) bond motifs is 3. The molecule has 0 aromatic heterocycles. The van der Waals surface area contributed by atoms with Crippen LogP contribution in [0.15, 0.2) is 24.3 Å². The van der Waals surface area contributed by atoms with Gasteiger partial charge in [-0.1, -0.05) is 0 Å². The van der Waals surface area contributed by atoms with E-state index in [9.17, 15) is 5.11 Å². The van der Waals surface area contributed by atoms with Crippen LogP contribution in [-0.2, 0) is 6.42 Å². The second-order valence-corrected chi connectivity index (χ2v) is 4.01. The van der Waals surface area contributed by atoms with Gasteiger partial charge in [0.2, 0.25) is 0 Å². The molecule has 0 saturated heterocycles. The molecule has 1 aliphatic heterocycles. The number of hydrogen-bond donors (Lipinski definition) is 2. The number of methoxy groups -OCH3 is 1. The van der Waals surface area contributed by atoms with Crippen LogP contribution in [0.5, 0.6) is 11.5 Å². The van der Waals surface area contributed by atoms with Crippen molar-refractivity contribution in [2.45, 2.75) is 6.42 Å². The predicted octanol–water partition coefficient (Wildman–Crippen LogP) is 2.52. The summed E-state index contributed by atoms with van der Waals surface area (Å²) in [5.74, 6) is 1.15. The second kappa shape index (κ2) is 3.30. The van der Waals surface area contributed by atoms with E-state index in [4.69, 9.17) is 4.74 Å². The van der Waals surface area contributed by atoms with Gasteiger partial charge < -0.3 is 15.2 Å². The molecule has 0 spiro atoms. The summed E-state index contributed by atoms with van der Waals surface area (Å²) >= 11 is 0. The first-order valence-corrected chi connectivity index (χ1v) is 5.36. The van der Waals surface area contributed by atoms with Crippen molar-refractivity contribution in [1.29, 1.82) is 0 Å². The van der Waals surface area contributed by atoms with Gasteiger partial charge in [0.1, 0.15) is 11.5 Å². The van der Waals surface area contributed by atoms with Crippen molar-refractivity contribution in [2.24, 2.45) is 0 Å². The Hall–Kier alpha value is -1.90. The fourth-order valence-corrected chi connectivity index (χ4v) is 2.32. The van der Waals surface area contributed by atoms with Gasteiger partial charge in [0, 0.05) is 23.7 Å². The van der Waals surface area contributed by atoms with Gasteiger partial charge >= 0.3 is 0 Å². The zero-order chi connectivity index (χ0) is 11.1.